The van der Waals surface area contributed by atoms with Crippen molar-refractivity contribution in [3.05, 3.63) is 29.8 Å². The molecule has 0 unspecified atom stereocenters. The number of rotatable bonds is 7. The van der Waals surface area contributed by atoms with Crippen LogP contribution < -0.4 is 11.1 Å². The smallest absolute Gasteiger partial charge is 0.239 e. The number of benzene rings is 1. The molecule has 1 aromatic rings. The zero-order chi connectivity index (χ0) is 15.2. The Morgan fingerprint density at radius 2 is 2.00 bits per heavy atom. The Morgan fingerprint density at radius 3 is 2.60 bits per heavy atom. The molecule has 7 heteroatoms. The number of Topliss-reactive ketones (excluding diaryl/α,β-unsaturated/α-hetero) is 1. The Morgan fingerprint density at radius 1 is 1.30 bits per heavy atom. The van der Waals surface area contributed by atoms with E-state index in [1.165, 1.54) is 13.0 Å². The molecule has 110 valence electrons. The highest BCUT2D eigenvalue weighted by Gasteiger charge is 2.16. The summed E-state index contributed by atoms with van der Waals surface area (Å²) in [5.41, 5.74) is 6.09. The molecule has 0 aliphatic carbocycles. The Labute approximate surface area is 118 Å². The van der Waals surface area contributed by atoms with Crippen LogP contribution in [-0.4, -0.2) is 38.2 Å². The third-order valence-corrected chi connectivity index (χ3v) is 4.18. The molecule has 0 fully saturated rings. The Hall–Kier alpha value is -1.73. The number of amides is 1. The van der Waals surface area contributed by atoms with Gasteiger partial charge in [0.25, 0.3) is 0 Å². The van der Waals surface area contributed by atoms with E-state index in [1.807, 2.05) is 0 Å². The minimum absolute atomic E-state index is 0.107. The van der Waals surface area contributed by atoms with E-state index < -0.39 is 21.5 Å². The van der Waals surface area contributed by atoms with Gasteiger partial charge in [0.1, 0.15) is 5.75 Å². The number of hydrogen-bond donors (Lipinski definition) is 2. The van der Waals surface area contributed by atoms with Crippen molar-refractivity contribution in [2.24, 2.45) is 5.73 Å². The average Bonchev–Trinajstić information content (AvgIpc) is 2.36. The van der Waals surface area contributed by atoms with Gasteiger partial charge in [-0.15, -0.1) is 0 Å². The summed E-state index contributed by atoms with van der Waals surface area (Å²) >= 11 is 0. The number of anilines is 1. The van der Waals surface area contributed by atoms with Gasteiger partial charge in [-0.3, -0.25) is 9.59 Å². The van der Waals surface area contributed by atoms with Gasteiger partial charge in [-0.25, -0.2) is 8.42 Å². The number of carbonyl (C=O) groups excluding carboxylic acids is 2. The lowest BCUT2D eigenvalue weighted by atomic mass is 10.1. The molecule has 0 aliphatic heterocycles. The highest BCUT2D eigenvalue weighted by atomic mass is 32.2. The van der Waals surface area contributed by atoms with E-state index in [0.717, 1.165) is 0 Å². The predicted molar refractivity (Wildman–Crippen MR) is 77.4 cm³/mol. The number of nitrogens with two attached hydrogens (primary N) is 1. The first-order valence-electron chi connectivity index (χ1n) is 6.15. The number of nitrogens with one attached hydrogen (secondary N) is 1. The quantitative estimate of drug-likeness (QED) is 0.717. The van der Waals surface area contributed by atoms with Crippen LogP contribution in [0, 0.1) is 0 Å². The fraction of sp³-hybridized carbons (Fsp3) is 0.385. The summed E-state index contributed by atoms with van der Waals surface area (Å²) in [7, 11) is -3.45. The van der Waals surface area contributed by atoms with Gasteiger partial charge in [-0.05, 0) is 32.0 Å². The summed E-state index contributed by atoms with van der Waals surface area (Å²) in [5, 5.41) is 2.47. The maximum Gasteiger partial charge on any atom is 0.239 e. The third-order valence-electron chi connectivity index (χ3n) is 2.56. The van der Waals surface area contributed by atoms with Crippen molar-refractivity contribution in [1.82, 2.24) is 0 Å². The predicted octanol–water partition coefficient (Wildman–Crippen LogP) is 0.591. The van der Waals surface area contributed by atoms with Crippen molar-refractivity contribution < 1.29 is 18.0 Å². The van der Waals surface area contributed by atoms with Crippen LogP contribution in [0.4, 0.5) is 5.69 Å². The molecular weight excluding hydrogens is 280 g/mol. The highest BCUT2D eigenvalue weighted by Crippen LogP contribution is 2.11. The molecule has 0 atom stereocenters. The summed E-state index contributed by atoms with van der Waals surface area (Å²) in [6, 6.07) is 6.34. The SMILES string of the molecule is CC(=O)c1cccc(NC(=O)CS(=O)(=O)CCCN)c1. The van der Waals surface area contributed by atoms with Gasteiger partial charge in [0.15, 0.2) is 15.6 Å². The van der Waals surface area contributed by atoms with Crippen molar-refractivity contribution in [1.29, 1.82) is 0 Å². The van der Waals surface area contributed by atoms with Crippen LogP contribution in [0.2, 0.25) is 0 Å². The molecule has 0 aromatic heterocycles. The summed E-state index contributed by atoms with van der Waals surface area (Å²) in [6.45, 7) is 1.68. The first-order chi connectivity index (χ1) is 9.34. The minimum atomic E-state index is -3.45. The second-order valence-electron chi connectivity index (χ2n) is 4.42. The van der Waals surface area contributed by atoms with E-state index >= 15 is 0 Å². The van der Waals surface area contributed by atoms with Gasteiger partial charge < -0.3 is 11.1 Å². The second-order valence-corrected chi connectivity index (χ2v) is 6.60. The van der Waals surface area contributed by atoms with E-state index in [9.17, 15) is 18.0 Å². The van der Waals surface area contributed by atoms with E-state index in [0.29, 0.717) is 17.7 Å². The van der Waals surface area contributed by atoms with Crippen molar-refractivity contribution >= 4 is 27.2 Å². The molecule has 0 bridgehead atoms. The average molecular weight is 298 g/mol. The van der Waals surface area contributed by atoms with E-state index in [1.54, 1.807) is 18.2 Å². The first-order valence-corrected chi connectivity index (χ1v) is 7.97. The summed E-state index contributed by atoms with van der Waals surface area (Å²) in [6.07, 6.45) is 0.329. The van der Waals surface area contributed by atoms with Crippen LogP contribution in [-0.2, 0) is 14.6 Å². The third kappa shape index (κ3) is 5.50. The maximum absolute atomic E-state index is 11.7. The first kappa shape index (κ1) is 16.3. The van der Waals surface area contributed by atoms with E-state index in [2.05, 4.69) is 5.32 Å². The highest BCUT2D eigenvalue weighted by molar-refractivity contribution is 7.92. The van der Waals surface area contributed by atoms with Crippen LogP contribution in [0.15, 0.2) is 24.3 Å². The van der Waals surface area contributed by atoms with Crippen LogP contribution in [0.25, 0.3) is 0 Å². The lowest BCUT2D eigenvalue weighted by molar-refractivity contribution is -0.113. The molecule has 0 aliphatic rings. The molecule has 0 heterocycles. The van der Waals surface area contributed by atoms with E-state index in [4.69, 9.17) is 5.73 Å². The van der Waals surface area contributed by atoms with Crippen LogP contribution in [0.5, 0.6) is 0 Å². The molecule has 1 rings (SSSR count). The van der Waals surface area contributed by atoms with Crippen molar-refractivity contribution in [3.63, 3.8) is 0 Å². The van der Waals surface area contributed by atoms with Gasteiger partial charge >= 0.3 is 0 Å². The zero-order valence-corrected chi connectivity index (χ0v) is 12.1. The molecule has 0 spiro atoms. The molecular formula is C13H18N2O4S. The monoisotopic (exact) mass is 298 g/mol. The number of sulfone groups is 1. The van der Waals surface area contributed by atoms with E-state index in [-0.39, 0.29) is 18.1 Å². The van der Waals surface area contributed by atoms with Gasteiger partial charge in [-0.2, -0.15) is 0 Å². The topological polar surface area (TPSA) is 106 Å². The Kier molecular flexibility index (Phi) is 5.84. The summed E-state index contributed by atoms with van der Waals surface area (Å²) in [4.78, 5) is 22.9. The Balaban J connectivity index is 2.67. The van der Waals surface area contributed by atoms with Crippen molar-refractivity contribution in [2.45, 2.75) is 13.3 Å². The maximum atomic E-state index is 11.7. The lowest BCUT2D eigenvalue weighted by Crippen LogP contribution is -2.25. The summed E-state index contributed by atoms with van der Waals surface area (Å²) < 4.78 is 23.2. The normalized spacial score (nSPS) is 11.1. The number of hydrogen-bond acceptors (Lipinski definition) is 5. The van der Waals surface area contributed by atoms with Gasteiger partial charge in [0.2, 0.25) is 5.91 Å². The molecule has 3 N–H and O–H groups in total. The number of carbonyl (C=O) groups is 2. The van der Waals surface area contributed by atoms with Crippen molar-refractivity contribution in [2.75, 3.05) is 23.4 Å². The van der Waals surface area contributed by atoms with Gasteiger partial charge in [0, 0.05) is 11.3 Å². The molecule has 0 saturated carbocycles. The standard InChI is InChI=1S/C13H18N2O4S/c1-10(16)11-4-2-5-12(8-11)15-13(17)9-20(18,19)7-3-6-14/h2,4-5,8H,3,6-7,9,14H2,1H3,(H,15,17). The Bertz CT molecular complexity index is 596. The van der Waals surface area contributed by atoms with Gasteiger partial charge in [-0.1, -0.05) is 12.1 Å². The van der Waals surface area contributed by atoms with Crippen LogP contribution >= 0.6 is 0 Å². The molecule has 1 amide bonds. The fourth-order valence-electron chi connectivity index (χ4n) is 1.59. The minimum Gasteiger partial charge on any atom is -0.330 e. The fourth-order valence-corrected chi connectivity index (χ4v) is 2.81. The summed E-state index contributed by atoms with van der Waals surface area (Å²) in [5.74, 6) is -1.44. The lowest BCUT2D eigenvalue weighted by Gasteiger charge is -2.07. The molecule has 0 saturated heterocycles. The number of ketones is 1. The molecule has 1 aromatic carbocycles. The zero-order valence-electron chi connectivity index (χ0n) is 11.3. The van der Waals surface area contributed by atoms with Crippen molar-refractivity contribution in [3.8, 4) is 0 Å². The van der Waals surface area contributed by atoms with Crippen LogP contribution in [0.3, 0.4) is 0 Å². The second kappa shape index (κ2) is 7.16. The van der Waals surface area contributed by atoms with Crippen LogP contribution in [0.1, 0.15) is 23.7 Å². The largest absolute Gasteiger partial charge is 0.330 e. The van der Waals surface area contributed by atoms with Gasteiger partial charge in [0.05, 0.1) is 5.75 Å². The molecule has 20 heavy (non-hydrogen) atoms. The molecule has 6 nitrogen and oxygen atoms in total. The molecule has 0 radical (unpaired) electrons.